The maximum atomic E-state index is 13.5. The number of rotatable bonds is 8. The van der Waals surface area contributed by atoms with Gasteiger partial charge in [0.1, 0.15) is 5.82 Å². The van der Waals surface area contributed by atoms with Crippen LogP contribution in [-0.2, 0) is 18.3 Å². The highest BCUT2D eigenvalue weighted by Gasteiger charge is 2.44. The van der Waals surface area contributed by atoms with Crippen molar-refractivity contribution in [3.8, 4) is 0 Å². The molecule has 2 aromatic rings. The zero-order valence-electron chi connectivity index (χ0n) is 15.5. The molecule has 1 heterocycles. The fourth-order valence-corrected chi connectivity index (χ4v) is 3.79. The Morgan fingerprint density at radius 1 is 1.31 bits per heavy atom. The molecule has 0 aliphatic heterocycles. The van der Waals surface area contributed by atoms with Crippen LogP contribution in [0, 0.1) is 5.82 Å². The van der Waals surface area contributed by atoms with Crippen LogP contribution in [0.2, 0.25) is 0 Å². The van der Waals surface area contributed by atoms with Crippen LogP contribution in [-0.4, -0.2) is 30.6 Å². The van der Waals surface area contributed by atoms with Crippen LogP contribution >= 0.6 is 11.3 Å². The molecular formula is C20H27FN4S. The lowest BCUT2D eigenvalue weighted by atomic mass is 9.96. The second-order valence-corrected chi connectivity index (χ2v) is 7.69. The average molecular weight is 375 g/mol. The van der Waals surface area contributed by atoms with Gasteiger partial charge >= 0.3 is 0 Å². The van der Waals surface area contributed by atoms with Gasteiger partial charge in [-0.05, 0) is 43.9 Å². The Morgan fingerprint density at radius 3 is 2.81 bits per heavy atom. The van der Waals surface area contributed by atoms with Crippen molar-refractivity contribution < 1.29 is 4.39 Å². The Morgan fingerprint density at radius 2 is 2.15 bits per heavy atom. The number of nitrogens with one attached hydrogen (secondary N) is 2. The number of nitrogens with zero attached hydrogens (tertiary/aromatic N) is 2. The van der Waals surface area contributed by atoms with Crippen LogP contribution in [0.25, 0.3) is 0 Å². The van der Waals surface area contributed by atoms with E-state index in [0.717, 1.165) is 56.0 Å². The fourth-order valence-electron chi connectivity index (χ4n) is 3.01. The van der Waals surface area contributed by atoms with Crippen LogP contribution < -0.4 is 10.6 Å². The lowest BCUT2D eigenvalue weighted by Gasteiger charge is -2.16. The van der Waals surface area contributed by atoms with E-state index >= 15 is 0 Å². The third-order valence-corrected chi connectivity index (χ3v) is 5.79. The van der Waals surface area contributed by atoms with E-state index in [1.807, 2.05) is 6.07 Å². The second-order valence-electron chi connectivity index (χ2n) is 6.75. The Kier molecular flexibility index (Phi) is 6.25. The van der Waals surface area contributed by atoms with Gasteiger partial charge < -0.3 is 10.6 Å². The molecule has 140 valence electrons. The number of aromatic nitrogens is 1. The normalized spacial score (nSPS) is 15.7. The Labute approximate surface area is 159 Å². The van der Waals surface area contributed by atoms with Crippen LogP contribution in [0.4, 0.5) is 4.39 Å². The molecule has 0 spiro atoms. The molecule has 0 bridgehead atoms. The first-order chi connectivity index (χ1) is 12.6. The molecular weight excluding hydrogens is 347 g/mol. The smallest absolute Gasteiger partial charge is 0.191 e. The van der Waals surface area contributed by atoms with Gasteiger partial charge in [-0.3, -0.25) is 4.99 Å². The monoisotopic (exact) mass is 374 g/mol. The summed E-state index contributed by atoms with van der Waals surface area (Å²) < 4.78 is 13.5. The minimum Gasteiger partial charge on any atom is -0.357 e. The molecule has 2 N–H and O–H groups in total. The van der Waals surface area contributed by atoms with Crippen LogP contribution in [0.15, 0.2) is 34.6 Å². The Bertz CT molecular complexity index is 752. The summed E-state index contributed by atoms with van der Waals surface area (Å²) in [4.78, 5) is 9.36. The molecule has 3 rings (SSSR count). The molecule has 0 amide bonds. The summed E-state index contributed by atoms with van der Waals surface area (Å²) in [6, 6.07) is 6.95. The maximum Gasteiger partial charge on any atom is 0.191 e. The molecule has 1 aromatic carbocycles. The fraction of sp³-hybridized carbons (Fsp3) is 0.500. The summed E-state index contributed by atoms with van der Waals surface area (Å²) in [5, 5.41) is 10.0. The van der Waals surface area contributed by atoms with Gasteiger partial charge in [-0.1, -0.05) is 19.1 Å². The highest BCUT2D eigenvalue weighted by atomic mass is 32.1. The molecule has 1 aliphatic rings. The summed E-state index contributed by atoms with van der Waals surface area (Å²) >= 11 is 1.72. The van der Waals surface area contributed by atoms with E-state index in [9.17, 15) is 4.39 Å². The largest absolute Gasteiger partial charge is 0.357 e. The molecule has 0 atom stereocenters. The summed E-state index contributed by atoms with van der Waals surface area (Å²) in [6.07, 6.45) is 4.01. The van der Waals surface area contributed by atoms with Crippen molar-refractivity contribution in [2.45, 2.75) is 44.9 Å². The molecule has 26 heavy (non-hydrogen) atoms. The molecule has 4 nitrogen and oxygen atoms in total. The first kappa shape index (κ1) is 18.8. The van der Waals surface area contributed by atoms with Crippen molar-refractivity contribution in [1.29, 1.82) is 0 Å². The number of hydrogen-bond acceptors (Lipinski definition) is 3. The highest BCUT2D eigenvalue weighted by Crippen LogP contribution is 2.48. The number of aryl methyl sites for hydroxylation is 1. The molecule has 1 fully saturated rings. The molecule has 6 heteroatoms. The minimum absolute atomic E-state index is 0.00932. The van der Waals surface area contributed by atoms with Gasteiger partial charge in [-0.15, -0.1) is 11.3 Å². The van der Waals surface area contributed by atoms with Crippen molar-refractivity contribution >= 4 is 17.3 Å². The first-order valence-corrected chi connectivity index (χ1v) is 10.2. The first-order valence-electron chi connectivity index (χ1n) is 9.36. The number of benzene rings is 1. The Balaban J connectivity index is 1.56. The standard InChI is InChI=1S/C20H27FN4S/c1-3-18-25-17(13-26-18)8-11-23-19(22-4-2)24-14-20(9-10-20)15-6-5-7-16(21)12-15/h5-7,12-13H,3-4,8-11,14H2,1-2H3,(H2,22,23,24). The predicted molar refractivity (Wildman–Crippen MR) is 106 cm³/mol. The number of aliphatic imine (C=N–C) groups is 1. The van der Waals surface area contributed by atoms with Gasteiger partial charge in [0.15, 0.2) is 5.96 Å². The van der Waals surface area contributed by atoms with Gasteiger partial charge in [0.25, 0.3) is 0 Å². The van der Waals surface area contributed by atoms with E-state index in [2.05, 4.69) is 34.8 Å². The molecule has 1 saturated carbocycles. The average Bonchev–Trinajstić information content (AvgIpc) is 3.30. The third-order valence-electron chi connectivity index (χ3n) is 4.75. The Hall–Kier alpha value is -1.95. The van der Waals surface area contributed by atoms with Gasteiger partial charge in [-0.2, -0.15) is 0 Å². The quantitative estimate of drug-likeness (QED) is 0.547. The summed E-state index contributed by atoms with van der Waals surface area (Å²) in [7, 11) is 0. The highest BCUT2D eigenvalue weighted by molar-refractivity contribution is 7.09. The predicted octanol–water partition coefficient (Wildman–Crippen LogP) is 3.67. The molecule has 1 aromatic heterocycles. The van der Waals surface area contributed by atoms with E-state index in [0.29, 0.717) is 6.54 Å². The van der Waals surface area contributed by atoms with Crippen molar-refractivity contribution in [1.82, 2.24) is 15.6 Å². The van der Waals surface area contributed by atoms with Crippen molar-refractivity contribution in [3.05, 3.63) is 51.7 Å². The molecule has 0 radical (unpaired) electrons. The number of thiazole rings is 1. The van der Waals surface area contributed by atoms with Crippen molar-refractivity contribution in [2.24, 2.45) is 4.99 Å². The molecule has 1 aliphatic carbocycles. The van der Waals surface area contributed by atoms with E-state index < -0.39 is 0 Å². The lowest BCUT2D eigenvalue weighted by Crippen LogP contribution is -2.39. The van der Waals surface area contributed by atoms with Crippen molar-refractivity contribution in [2.75, 3.05) is 19.6 Å². The third kappa shape index (κ3) is 4.81. The SMILES string of the molecule is CCNC(=NCC1(c2cccc(F)c2)CC1)NCCc1csc(CC)n1. The second kappa shape index (κ2) is 8.62. The van der Waals surface area contributed by atoms with Gasteiger partial charge in [-0.25, -0.2) is 9.37 Å². The van der Waals surface area contributed by atoms with E-state index in [1.54, 1.807) is 23.5 Å². The van der Waals surface area contributed by atoms with E-state index in [1.165, 1.54) is 11.1 Å². The minimum atomic E-state index is -0.169. The number of guanidine groups is 1. The molecule has 0 unspecified atom stereocenters. The topological polar surface area (TPSA) is 49.3 Å². The lowest BCUT2D eigenvalue weighted by molar-refractivity contribution is 0.615. The molecule has 0 saturated heterocycles. The summed E-state index contributed by atoms with van der Waals surface area (Å²) in [6.45, 7) is 6.48. The van der Waals surface area contributed by atoms with Gasteiger partial charge in [0.05, 0.1) is 17.2 Å². The summed E-state index contributed by atoms with van der Waals surface area (Å²) in [5.41, 5.74) is 2.20. The number of halogens is 1. The van der Waals surface area contributed by atoms with Crippen LogP contribution in [0.3, 0.4) is 0 Å². The van der Waals surface area contributed by atoms with Gasteiger partial charge in [0.2, 0.25) is 0 Å². The number of hydrogen-bond donors (Lipinski definition) is 2. The summed E-state index contributed by atoms with van der Waals surface area (Å²) in [5.74, 6) is 0.652. The zero-order valence-corrected chi connectivity index (χ0v) is 16.3. The van der Waals surface area contributed by atoms with E-state index in [4.69, 9.17) is 4.99 Å². The van der Waals surface area contributed by atoms with Gasteiger partial charge in [0, 0.05) is 30.3 Å². The van der Waals surface area contributed by atoms with E-state index in [-0.39, 0.29) is 11.2 Å². The van der Waals surface area contributed by atoms with Crippen molar-refractivity contribution in [3.63, 3.8) is 0 Å². The van der Waals surface area contributed by atoms with Crippen LogP contribution in [0.1, 0.15) is 43.0 Å². The maximum absolute atomic E-state index is 13.5. The zero-order chi connectivity index (χ0) is 18.4. The van der Waals surface area contributed by atoms with Crippen LogP contribution in [0.5, 0.6) is 0 Å².